The molecule has 1 saturated carbocycles. The van der Waals surface area contributed by atoms with Gasteiger partial charge in [-0.05, 0) is 79.5 Å². The van der Waals surface area contributed by atoms with Crippen LogP contribution in [0.4, 0.5) is 5.82 Å². The van der Waals surface area contributed by atoms with Crippen LogP contribution in [0.25, 0.3) is 26.7 Å². The Labute approximate surface area is 319 Å². The van der Waals surface area contributed by atoms with Crippen LogP contribution < -0.4 is 9.64 Å². The van der Waals surface area contributed by atoms with Crippen molar-refractivity contribution < 1.29 is 38.9 Å². The summed E-state index contributed by atoms with van der Waals surface area (Å²) in [6.45, 7) is 3.56. The smallest absolute Gasteiger partial charge is 0.305 e. The molecule has 6 atom stereocenters. The summed E-state index contributed by atoms with van der Waals surface area (Å²) in [6.07, 6.45) is 5.66. The number of imide groups is 2. The van der Waals surface area contributed by atoms with Gasteiger partial charge >= 0.3 is 5.97 Å². The largest absolute Gasteiger partial charge is 0.504 e. The van der Waals surface area contributed by atoms with Crippen molar-refractivity contribution in [2.45, 2.75) is 33.1 Å². The molecule has 4 aliphatic rings. The molecular formula is C40H37ClN4O8S. The summed E-state index contributed by atoms with van der Waals surface area (Å²) in [6, 6.07) is 12.3. The fraction of sp³-hybridized carbons (Fsp3) is 0.350. The van der Waals surface area contributed by atoms with Gasteiger partial charge < -0.3 is 14.9 Å². The number of likely N-dealkylation sites (tertiary alicyclic amines) is 1. The first-order chi connectivity index (χ1) is 25.7. The summed E-state index contributed by atoms with van der Waals surface area (Å²) in [5.41, 5.74) is 1.80. The third-order valence-electron chi connectivity index (χ3n) is 11.9. The van der Waals surface area contributed by atoms with Gasteiger partial charge in [0, 0.05) is 35.3 Å². The Bertz CT molecular complexity index is 2380. The number of aryl methyl sites for hydroxylation is 2. The number of allylic oxidation sites excluding steroid dienone is 3. The van der Waals surface area contributed by atoms with Crippen molar-refractivity contribution in [1.29, 1.82) is 0 Å². The Morgan fingerprint density at radius 2 is 1.87 bits per heavy atom. The minimum absolute atomic E-state index is 0.0327. The first kappa shape index (κ1) is 35.7. The van der Waals surface area contributed by atoms with Gasteiger partial charge in [0.1, 0.15) is 11.5 Å². The number of halogens is 1. The molecule has 12 nitrogen and oxygen atoms in total. The SMILES string of the molecule is COc1cc(C=C[C@H]2C3=CC[C@@H]4C(=O)N(CCC(=O)O)C(=O)[C@@H]4[C@@H]3C[C@H]3C(=O)N(c4cc(-c5sc6ccc(Cl)cc6c5C)nn4C)C(=O)[C@@]23C)ccc1O. The molecule has 14 heteroatoms. The summed E-state index contributed by atoms with van der Waals surface area (Å²) in [5, 5.41) is 25.9. The maximum atomic E-state index is 15.0. The molecule has 2 aromatic heterocycles. The molecule has 2 N–H and O–H groups in total. The lowest BCUT2D eigenvalue weighted by atomic mass is 9.52. The van der Waals surface area contributed by atoms with Gasteiger partial charge in [0.2, 0.25) is 23.6 Å². The number of phenolic OH excluding ortho intramolecular Hbond substituents is 1. The second kappa shape index (κ2) is 12.9. The molecular weight excluding hydrogens is 732 g/mol. The number of rotatable bonds is 8. The number of hydrogen-bond donors (Lipinski definition) is 2. The van der Waals surface area contributed by atoms with Gasteiger partial charge in [-0.15, -0.1) is 11.3 Å². The highest BCUT2D eigenvalue weighted by Gasteiger charge is 2.67. The predicted molar refractivity (Wildman–Crippen MR) is 202 cm³/mol. The maximum absolute atomic E-state index is 15.0. The van der Waals surface area contributed by atoms with Crippen LogP contribution in [0.15, 0.2) is 60.2 Å². The van der Waals surface area contributed by atoms with E-state index in [2.05, 4.69) is 0 Å². The molecule has 0 unspecified atom stereocenters. The Morgan fingerprint density at radius 1 is 1.09 bits per heavy atom. The van der Waals surface area contributed by atoms with Crippen molar-refractivity contribution >= 4 is 74.5 Å². The first-order valence-electron chi connectivity index (χ1n) is 17.7. The van der Waals surface area contributed by atoms with E-state index in [1.165, 1.54) is 22.8 Å². The highest BCUT2D eigenvalue weighted by molar-refractivity contribution is 7.22. The van der Waals surface area contributed by atoms with E-state index in [1.54, 1.807) is 43.5 Å². The molecule has 3 fully saturated rings. The second-order valence-corrected chi connectivity index (χ2v) is 16.2. The van der Waals surface area contributed by atoms with Crippen molar-refractivity contribution in [3.63, 3.8) is 0 Å². The number of ether oxygens (including phenoxy) is 1. The number of carboxylic acids is 1. The van der Waals surface area contributed by atoms with Crippen LogP contribution in [-0.4, -0.2) is 68.1 Å². The zero-order valence-corrected chi connectivity index (χ0v) is 31.5. The molecule has 4 heterocycles. The van der Waals surface area contributed by atoms with Gasteiger partial charge in [0.05, 0.1) is 41.6 Å². The number of aliphatic carboxylic acids is 1. The number of carbonyl (C=O) groups is 5. The summed E-state index contributed by atoms with van der Waals surface area (Å²) >= 11 is 7.85. The van der Waals surface area contributed by atoms with Crippen LogP contribution in [-0.2, 0) is 31.0 Å². The lowest BCUT2D eigenvalue weighted by Crippen LogP contribution is -2.49. The van der Waals surface area contributed by atoms with Crippen molar-refractivity contribution in [2.24, 2.45) is 42.1 Å². The minimum atomic E-state index is -1.27. The minimum Gasteiger partial charge on any atom is -0.504 e. The molecule has 8 rings (SSSR count). The van der Waals surface area contributed by atoms with E-state index < -0.39 is 64.6 Å². The average Bonchev–Trinajstić information content (AvgIpc) is 3.81. The summed E-state index contributed by atoms with van der Waals surface area (Å²) in [4.78, 5) is 71.7. The third kappa shape index (κ3) is 5.30. The number of aromatic hydroxyl groups is 1. The van der Waals surface area contributed by atoms with Crippen LogP contribution in [0.2, 0.25) is 5.02 Å². The van der Waals surface area contributed by atoms with E-state index in [0.29, 0.717) is 22.1 Å². The Hall–Kier alpha value is -5.27. The number of amides is 4. The van der Waals surface area contributed by atoms with Gasteiger partial charge in [-0.3, -0.25) is 33.6 Å². The number of aromatic nitrogens is 2. The Kier molecular flexibility index (Phi) is 8.57. The van der Waals surface area contributed by atoms with Gasteiger partial charge in [-0.25, -0.2) is 4.90 Å². The van der Waals surface area contributed by atoms with E-state index in [0.717, 1.165) is 31.0 Å². The van der Waals surface area contributed by atoms with Crippen LogP contribution in [0.3, 0.4) is 0 Å². The highest BCUT2D eigenvalue weighted by Crippen LogP contribution is 2.61. The molecule has 2 saturated heterocycles. The monoisotopic (exact) mass is 768 g/mol. The van der Waals surface area contributed by atoms with E-state index in [9.17, 15) is 34.2 Å². The number of thiophene rings is 1. The number of hydrogen-bond acceptors (Lipinski definition) is 9. The number of methoxy groups -OCH3 is 1. The number of carboxylic acid groups (broad SMARTS) is 1. The topological polar surface area (TPSA) is 159 Å². The molecule has 4 amide bonds. The van der Waals surface area contributed by atoms with Crippen molar-refractivity contribution in [2.75, 3.05) is 18.6 Å². The quantitative estimate of drug-likeness (QED) is 0.157. The fourth-order valence-corrected chi connectivity index (χ4v) is 10.5. The molecule has 278 valence electrons. The molecule has 4 aromatic rings. The number of anilines is 1. The average molecular weight is 769 g/mol. The number of benzene rings is 2. The van der Waals surface area contributed by atoms with E-state index >= 15 is 0 Å². The van der Waals surface area contributed by atoms with Crippen molar-refractivity contribution in [3.05, 3.63) is 76.3 Å². The number of fused-ring (bicyclic) bond motifs is 5. The number of phenols is 1. The summed E-state index contributed by atoms with van der Waals surface area (Å²) in [5.74, 6) is -5.74. The third-order valence-corrected chi connectivity index (χ3v) is 13.4. The van der Waals surface area contributed by atoms with Gasteiger partial charge in [0.25, 0.3) is 0 Å². The van der Waals surface area contributed by atoms with Crippen LogP contribution in [0.1, 0.15) is 37.3 Å². The lowest BCUT2D eigenvalue weighted by Gasteiger charge is -2.47. The van der Waals surface area contributed by atoms with Crippen LogP contribution >= 0.6 is 22.9 Å². The zero-order valence-electron chi connectivity index (χ0n) is 29.9. The van der Waals surface area contributed by atoms with E-state index in [-0.39, 0.29) is 37.3 Å². The summed E-state index contributed by atoms with van der Waals surface area (Å²) < 4.78 is 7.88. The Balaban J connectivity index is 1.21. The van der Waals surface area contributed by atoms with Crippen LogP contribution in [0, 0.1) is 41.9 Å². The second-order valence-electron chi connectivity index (χ2n) is 14.7. The number of carbonyl (C=O) groups excluding carboxylic acids is 4. The molecule has 2 aliphatic carbocycles. The lowest BCUT2D eigenvalue weighted by molar-refractivity contribution is -0.142. The molecule has 0 spiro atoms. The molecule has 2 aliphatic heterocycles. The zero-order chi connectivity index (χ0) is 38.4. The van der Waals surface area contributed by atoms with Crippen molar-refractivity contribution in [1.82, 2.24) is 14.7 Å². The maximum Gasteiger partial charge on any atom is 0.305 e. The summed E-state index contributed by atoms with van der Waals surface area (Å²) in [7, 11) is 3.14. The van der Waals surface area contributed by atoms with Gasteiger partial charge in [-0.2, -0.15) is 5.10 Å². The molecule has 2 aromatic carbocycles. The first-order valence-corrected chi connectivity index (χ1v) is 18.9. The molecule has 54 heavy (non-hydrogen) atoms. The Morgan fingerprint density at radius 3 is 2.61 bits per heavy atom. The standard InChI is InChI=1S/C40H37ClN4O8S/c1-19-24-16-21(41)7-12-31(24)54-35(19)28-18-32(43(3)42-28)45-37(50)27-17-25-22(8-9-23-34(25)38(51)44(36(23)49)14-13-33(47)48)26(40(27,2)39(45)52)10-5-20-6-11-29(46)30(15-20)53-4/h5-8,10-12,15-16,18,23,25-27,34,46H,9,13-14,17H2,1-4H3,(H,47,48)/t23-,25+,26-,27-,34-,40-/m0/s1. The van der Waals surface area contributed by atoms with Gasteiger partial charge in [0.15, 0.2) is 11.5 Å². The van der Waals surface area contributed by atoms with Crippen molar-refractivity contribution in [3.8, 4) is 22.1 Å². The van der Waals surface area contributed by atoms with Gasteiger partial charge in [-0.1, -0.05) is 41.5 Å². The van der Waals surface area contributed by atoms with E-state index in [4.69, 9.17) is 21.4 Å². The van der Waals surface area contributed by atoms with E-state index in [1.807, 2.05) is 43.4 Å². The fourth-order valence-electron chi connectivity index (χ4n) is 9.15. The molecule has 0 radical (unpaired) electrons. The normalized spacial score (nSPS) is 26.5. The van der Waals surface area contributed by atoms with Crippen LogP contribution in [0.5, 0.6) is 11.5 Å². The number of nitrogens with zero attached hydrogens (tertiary/aromatic N) is 4. The predicted octanol–water partition coefficient (Wildman–Crippen LogP) is 6.23. The highest BCUT2D eigenvalue weighted by atomic mass is 35.5. The molecule has 0 bridgehead atoms.